The van der Waals surface area contributed by atoms with Crippen LogP contribution < -0.4 is 4.74 Å². The van der Waals surface area contributed by atoms with Crippen molar-refractivity contribution in [3.05, 3.63) is 128 Å². The van der Waals surface area contributed by atoms with Crippen LogP contribution in [0.1, 0.15) is 89.1 Å². The van der Waals surface area contributed by atoms with E-state index in [1.54, 1.807) is 36.4 Å². The number of ether oxygens (including phenoxy) is 1. The summed E-state index contributed by atoms with van der Waals surface area (Å²) in [5.41, 5.74) is 2.21. The first kappa shape index (κ1) is 28.7. The highest BCUT2D eigenvalue weighted by Gasteiger charge is 2.46. The van der Waals surface area contributed by atoms with Crippen LogP contribution in [-0.2, 0) is 5.60 Å². The van der Waals surface area contributed by atoms with Crippen LogP contribution in [-0.4, -0.2) is 28.1 Å². The van der Waals surface area contributed by atoms with Crippen molar-refractivity contribution in [2.75, 3.05) is 0 Å². The highest BCUT2D eigenvalue weighted by Crippen LogP contribution is 2.56. The van der Waals surface area contributed by atoms with Gasteiger partial charge in [0.05, 0.1) is 20.9 Å². The van der Waals surface area contributed by atoms with E-state index in [-0.39, 0.29) is 34.3 Å². The van der Waals surface area contributed by atoms with Gasteiger partial charge in [0.2, 0.25) is 0 Å². The van der Waals surface area contributed by atoms with Gasteiger partial charge >= 0.3 is 0 Å². The number of aromatic nitrogens is 1. The van der Waals surface area contributed by atoms with Crippen molar-refractivity contribution < 1.29 is 23.9 Å². The third kappa shape index (κ3) is 4.20. The predicted molar refractivity (Wildman–Crippen MR) is 192 cm³/mol. The maximum absolute atomic E-state index is 13.6. The number of thiophene rings is 1. The minimum Gasteiger partial charge on any atom is -0.479 e. The lowest BCUT2D eigenvalue weighted by Gasteiger charge is -2.39. The molecule has 0 saturated heterocycles. The van der Waals surface area contributed by atoms with E-state index >= 15 is 0 Å². The molecule has 10 rings (SSSR count). The zero-order valence-electron chi connectivity index (χ0n) is 26.0. The molecule has 2 aromatic heterocycles. The number of fused-ring (bicyclic) bond motifs is 8. The van der Waals surface area contributed by atoms with Crippen molar-refractivity contribution in [2.45, 2.75) is 37.7 Å². The van der Waals surface area contributed by atoms with Crippen LogP contribution in [0, 0.1) is 0 Å². The SMILES string of the molecule is O=C1C(=Cc2cc3c(s2)-c2sc(C=C4C(=O)c5cc6ccccc6cc5C4=O)nc2C2(CCCCC2)O3)C(=O)c2cc3ccccc3cc21. The van der Waals surface area contributed by atoms with E-state index in [4.69, 9.17) is 9.72 Å². The molecule has 1 aliphatic heterocycles. The molecule has 236 valence electrons. The molecule has 0 bridgehead atoms. The topological polar surface area (TPSA) is 90.4 Å². The molecule has 3 aliphatic carbocycles. The summed E-state index contributed by atoms with van der Waals surface area (Å²) < 4.78 is 6.82. The summed E-state index contributed by atoms with van der Waals surface area (Å²) in [4.78, 5) is 61.8. The second-order valence-electron chi connectivity index (χ2n) is 13.2. The second-order valence-corrected chi connectivity index (χ2v) is 15.3. The van der Waals surface area contributed by atoms with E-state index in [2.05, 4.69) is 0 Å². The van der Waals surface area contributed by atoms with Crippen LogP contribution >= 0.6 is 22.7 Å². The Bertz CT molecular complexity index is 2480. The maximum Gasteiger partial charge on any atom is 0.197 e. The van der Waals surface area contributed by atoms with Gasteiger partial charge in [-0.25, -0.2) is 4.98 Å². The zero-order chi connectivity index (χ0) is 33.0. The molecule has 0 unspecified atom stereocenters. The highest BCUT2D eigenvalue weighted by molar-refractivity contribution is 7.23. The summed E-state index contributed by atoms with van der Waals surface area (Å²) >= 11 is 2.91. The molecule has 4 aliphatic rings. The number of carbonyl (C=O) groups is 4. The number of nitrogens with zero attached hydrogens (tertiary/aromatic N) is 1. The molecule has 6 aromatic rings. The summed E-state index contributed by atoms with van der Waals surface area (Å²) in [6, 6.07) is 24.6. The maximum atomic E-state index is 13.6. The number of carbonyl (C=O) groups excluding carboxylic acids is 4. The molecule has 3 heterocycles. The second kappa shape index (κ2) is 10.3. The Morgan fingerprint density at radius 3 is 1.59 bits per heavy atom. The number of hydrogen-bond acceptors (Lipinski definition) is 8. The summed E-state index contributed by atoms with van der Waals surface area (Å²) in [5.74, 6) is -0.397. The number of rotatable bonds is 2. The lowest BCUT2D eigenvalue weighted by Crippen LogP contribution is -2.37. The fourth-order valence-electron chi connectivity index (χ4n) is 7.83. The van der Waals surface area contributed by atoms with E-state index in [9.17, 15) is 19.2 Å². The van der Waals surface area contributed by atoms with Gasteiger partial charge < -0.3 is 4.74 Å². The molecule has 0 N–H and O–H groups in total. The molecule has 8 heteroatoms. The summed E-state index contributed by atoms with van der Waals surface area (Å²) in [6.45, 7) is 0. The van der Waals surface area contributed by atoms with Crippen LogP contribution in [0.2, 0.25) is 0 Å². The van der Waals surface area contributed by atoms with Gasteiger partial charge in [0.1, 0.15) is 16.5 Å². The minimum absolute atomic E-state index is 0.123. The monoisotopic (exact) mass is 675 g/mol. The molecule has 0 radical (unpaired) electrons. The number of thiazole rings is 1. The molecule has 49 heavy (non-hydrogen) atoms. The Hall–Kier alpha value is -5.31. The van der Waals surface area contributed by atoms with Crippen molar-refractivity contribution in [2.24, 2.45) is 0 Å². The number of hydrogen-bond donors (Lipinski definition) is 0. The smallest absolute Gasteiger partial charge is 0.197 e. The van der Waals surface area contributed by atoms with Crippen LogP contribution in [0.15, 0.2) is 90.0 Å². The summed E-state index contributed by atoms with van der Waals surface area (Å²) in [6.07, 6.45) is 8.06. The molecule has 1 spiro atoms. The Labute approximate surface area is 288 Å². The Balaban J connectivity index is 1.05. The van der Waals surface area contributed by atoms with E-state index < -0.39 is 5.60 Å². The molecular weight excluding hydrogens is 651 g/mol. The molecule has 0 atom stereocenters. The van der Waals surface area contributed by atoms with Gasteiger partial charge in [-0.2, -0.15) is 0 Å². The Morgan fingerprint density at radius 2 is 1.08 bits per heavy atom. The van der Waals surface area contributed by atoms with Crippen molar-refractivity contribution in [3.63, 3.8) is 0 Å². The van der Waals surface area contributed by atoms with Gasteiger partial charge in [0.15, 0.2) is 28.7 Å². The zero-order valence-corrected chi connectivity index (χ0v) is 27.6. The van der Waals surface area contributed by atoms with E-state index in [0.717, 1.165) is 74.0 Å². The first-order valence-electron chi connectivity index (χ1n) is 16.4. The Morgan fingerprint density at radius 1 is 0.592 bits per heavy atom. The lowest BCUT2D eigenvalue weighted by atomic mass is 9.80. The van der Waals surface area contributed by atoms with Gasteiger partial charge in [-0.1, -0.05) is 55.0 Å². The quantitative estimate of drug-likeness (QED) is 0.134. The van der Waals surface area contributed by atoms with Gasteiger partial charge in [-0.05, 0) is 89.7 Å². The first-order chi connectivity index (χ1) is 23.9. The number of ketones is 4. The van der Waals surface area contributed by atoms with E-state index in [0.29, 0.717) is 33.0 Å². The van der Waals surface area contributed by atoms with Gasteiger partial charge in [0.25, 0.3) is 0 Å². The molecular formula is C41H25NO5S2. The number of allylic oxidation sites excluding steroid dienone is 2. The molecule has 1 fully saturated rings. The van der Waals surface area contributed by atoms with Crippen LogP contribution in [0.25, 0.3) is 43.5 Å². The van der Waals surface area contributed by atoms with Gasteiger partial charge in [0, 0.05) is 27.1 Å². The fourth-order valence-corrected chi connectivity index (χ4v) is 10.1. The standard InChI is InChI=1S/C41H25NO5S2/c43-34-26-14-21-8-2-3-9-22(21)15-27(26)35(44)30(34)18-25-19-32-38(48-25)39-40(41(47-32)12-6-1-7-13-41)42-33(49-39)20-31-36(45)28-16-23-10-4-5-11-24(23)17-29(28)37(31)46/h2-5,8-11,14-20H,1,6-7,12-13H2. The number of Topliss-reactive ketones (excluding diaryl/α,β-unsaturated/α-hetero) is 4. The lowest BCUT2D eigenvalue weighted by molar-refractivity contribution is 0.0210. The molecule has 0 amide bonds. The van der Waals surface area contributed by atoms with Crippen LogP contribution in [0.4, 0.5) is 0 Å². The highest BCUT2D eigenvalue weighted by atomic mass is 32.1. The van der Waals surface area contributed by atoms with Crippen molar-refractivity contribution in [1.82, 2.24) is 4.98 Å². The van der Waals surface area contributed by atoms with Crippen LogP contribution in [0.5, 0.6) is 5.75 Å². The molecule has 6 nitrogen and oxygen atoms in total. The fraction of sp³-hybridized carbons (Fsp3) is 0.146. The predicted octanol–water partition coefficient (Wildman–Crippen LogP) is 9.65. The average Bonchev–Trinajstić information content (AvgIpc) is 3.85. The average molecular weight is 676 g/mol. The summed E-state index contributed by atoms with van der Waals surface area (Å²) in [7, 11) is 0. The molecule has 4 aromatic carbocycles. The van der Waals surface area contributed by atoms with Gasteiger partial charge in [-0.15, -0.1) is 22.7 Å². The van der Waals surface area contributed by atoms with Gasteiger partial charge in [-0.3, -0.25) is 19.2 Å². The Kier molecular flexibility index (Phi) is 6.05. The van der Waals surface area contributed by atoms with Crippen molar-refractivity contribution in [3.8, 4) is 15.5 Å². The van der Waals surface area contributed by atoms with Crippen LogP contribution in [0.3, 0.4) is 0 Å². The third-order valence-corrected chi connectivity index (χ3v) is 12.5. The van der Waals surface area contributed by atoms with E-state index in [1.165, 1.54) is 22.7 Å². The first-order valence-corrected chi connectivity index (χ1v) is 18.0. The van der Waals surface area contributed by atoms with Crippen molar-refractivity contribution in [1.29, 1.82) is 0 Å². The summed E-state index contributed by atoms with van der Waals surface area (Å²) in [5, 5.41) is 4.25. The third-order valence-electron chi connectivity index (χ3n) is 10.2. The van der Waals surface area contributed by atoms with Crippen molar-refractivity contribution >= 4 is 79.5 Å². The molecule has 1 saturated carbocycles. The number of benzene rings is 4. The van der Waals surface area contributed by atoms with E-state index in [1.807, 2.05) is 54.6 Å². The minimum atomic E-state index is -0.612. The largest absolute Gasteiger partial charge is 0.479 e. The normalized spacial score (nSPS) is 17.4.